The third-order valence-corrected chi connectivity index (χ3v) is 8.63. The number of esters is 1. The third-order valence-electron chi connectivity index (χ3n) is 6.87. The van der Waals surface area contributed by atoms with Gasteiger partial charge in [-0.05, 0) is 66.8 Å². The Labute approximate surface area is 260 Å². The highest BCUT2D eigenvalue weighted by Gasteiger charge is 2.42. The molecule has 0 radical (unpaired) electrons. The van der Waals surface area contributed by atoms with Gasteiger partial charge < -0.3 is 14.4 Å². The number of amides is 1. The smallest absolute Gasteiger partial charge is 0.471 e. The zero-order chi connectivity index (χ0) is 32.5. The van der Waals surface area contributed by atoms with Crippen molar-refractivity contribution in [3.05, 3.63) is 125 Å². The van der Waals surface area contributed by atoms with Crippen LogP contribution in [0.5, 0.6) is 5.75 Å². The van der Waals surface area contributed by atoms with E-state index in [1.807, 2.05) is 30.3 Å². The molecule has 0 atom stereocenters. The lowest BCUT2D eigenvalue weighted by atomic mass is 10.1. The molecule has 11 heteroatoms. The molecule has 4 rings (SSSR count). The number of sulfone groups is 1. The highest BCUT2D eigenvalue weighted by Crippen LogP contribution is 2.29. The Morgan fingerprint density at radius 2 is 1.38 bits per heavy atom. The summed E-state index contributed by atoms with van der Waals surface area (Å²) in [6.45, 7) is 1.57. The zero-order valence-electron chi connectivity index (χ0n) is 24.5. The van der Waals surface area contributed by atoms with Crippen LogP contribution in [0.4, 0.5) is 13.2 Å². The molecule has 4 aromatic rings. The van der Waals surface area contributed by atoms with E-state index in [0.717, 1.165) is 10.5 Å². The third kappa shape index (κ3) is 8.95. The fraction of sp³-hybridized carbons (Fsp3) is 0.235. The predicted molar refractivity (Wildman–Crippen MR) is 161 cm³/mol. The van der Waals surface area contributed by atoms with Crippen molar-refractivity contribution in [2.24, 2.45) is 0 Å². The van der Waals surface area contributed by atoms with Crippen LogP contribution in [0, 0.1) is 0 Å². The maximum Gasteiger partial charge on any atom is 0.471 e. The molecular weight excluding hydrogens is 607 g/mol. The number of carbonyl (C=O) groups is 2. The summed E-state index contributed by atoms with van der Waals surface area (Å²) >= 11 is 0. The van der Waals surface area contributed by atoms with Crippen LogP contribution >= 0.6 is 0 Å². The second-order valence-electron chi connectivity index (χ2n) is 10.1. The Bertz CT molecular complexity index is 1690. The van der Waals surface area contributed by atoms with E-state index in [1.54, 1.807) is 49.4 Å². The van der Waals surface area contributed by atoms with Crippen molar-refractivity contribution < 1.29 is 40.7 Å². The number of aryl methyl sites for hydroxylation is 1. The number of ether oxygens (including phenoxy) is 2. The Morgan fingerprint density at radius 1 is 0.778 bits per heavy atom. The molecule has 0 spiro atoms. The first-order valence-electron chi connectivity index (χ1n) is 14.2. The quantitative estimate of drug-likeness (QED) is 0.150. The Balaban J connectivity index is 1.46. The molecule has 0 heterocycles. The zero-order valence-corrected chi connectivity index (χ0v) is 25.3. The van der Waals surface area contributed by atoms with Gasteiger partial charge in [-0.1, -0.05) is 72.8 Å². The normalized spacial score (nSPS) is 11.6. The summed E-state index contributed by atoms with van der Waals surface area (Å²) in [4.78, 5) is 25.3. The number of carbonyl (C=O) groups excluding carboxylic acids is 2. The first kappa shape index (κ1) is 33.3. The Hall–Kier alpha value is -4.64. The summed E-state index contributed by atoms with van der Waals surface area (Å²) in [5.41, 5.74) is 2.09. The van der Waals surface area contributed by atoms with Gasteiger partial charge in [0.1, 0.15) is 17.9 Å². The molecule has 0 aliphatic rings. The highest BCUT2D eigenvalue weighted by molar-refractivity contribution is 7.91. The van der Waals surface area contributed by atoms with Crippen LogP contribution in [-0.2, 0) is 38.9 Å². The number of hydrogen-bond donors (Lipinski definition) is 0. The van der Waals surface area contributed by atoms with Crippen LogP contribution in [0.15, 0.2) is 113 Å². The number of halogens is 3. The molecule has 4 aromatic carbocycles. The predicted octanol–water partition coefficient (Wildman–Crippen LogP) is 6.80. The lowest BCUT2D eigenvalue weighted by molar-refractivity contribution is -0.186. The van der Waals surface area contributed by atoms with Crippen LogP contribution in [0.1, 0.15) is 40.4 Å². The van der Waals surface area contributed by atoms with Crippen molar-refractivity contribution in [2.75, 3.05) is 13.2 Å². The minimum absolute atomic E-state index is 0.0288. The SMILES string of the molecule is CCOC(=O)c1cc(S(=O)(=O)c2ccc(CCCN(Cc3ccccc3)C(=O)C(F)(F)F)cc2)ccc1OCc1ccccc1. The Kier molecular flexibility index (Phi) is 11.0. The molecule has 1 amide bonds. The van der Waals surface area contributed by atoms with Gasteiger partial charge in [0.2, 0.25) is 9.84 Å². The van der Waals surface area contributed by atoms with E-state index in [1.165, 1.54) is 30.3 Å². The van der Waals surface area contributed by atoms with E-state index in [0.29, 0.717) is 17.5 Å². The first-order chi connectivity index (χ1) is 21.5. The van der Waals surface area contributed by atoms with Gasteiger partial charge in [-0.2, -0.15) is 13.2 Å². The Morgan fingerprint density at radius 3 is 1.98 bits per heavy atom. The van der Waals surface area contributed by atoms with E-state index in [2.05, 4.69) is 0 Å². The van der Waals surface area contributed by atoms with Gasteiger partial charge in [0.25, 0.3) is 0 Å². The van der Waals surface area contributed by atoms with Crippen LogP contribution in [-0.4, -0.2) is 44.5 Å². The van der Waals surface area contributed by atoms with E-state index >= 15 is 0 Å². The molecule has 0 saturated heterocycles. The van der Waals surface area contributed by atoms with Crippen molar-refractivity contribution >= 4 is 21.7 Å². The van der Waals surface area contributed by atoms with E-state index in [4.69, 9.17) is 9.47 Å². The van der Waals surface area contributed by atoms with Gasteiger partial charge in [-0.15, -0.1) is 0 Å². The number of benzene rings is 4. The molecule has 7 nitrogen and oxygen atoms in total. The minimum Gasteiger partial charge on any atom is -0.488 e. The van der Waals surface area contributed by atoms with Gasteiger partial charge in [-0.25, -0.2) is 13.2 Å². The van der Waals surface area contributed by atoms with Crippen LogP contribution in [0.3, 0.4) is 0 Å². The molecule has 0 bridgehead atoms. The minimum atomic E-state index is -5.00. The fourth-order valence-electron chi connectivity index (χ4n) is 4.59. The van der Waals surface area contributed by atoms with Crippen molar-refractivity contribution in [3.63, 3.8) is 0 Å². The number of alkyl halides is 3. The van der Waals surface area contributed by atoms with Gasteiger partial charge in [-0.3, -0.25) is 4.79 Å². The molecule has 45 heavy (non-hydrogen) atoms. The fourth-order valence-corrected chi connectivity index (χ4v) is 5.87. The molecular formula is C34H32F3NO6S. The van der Waals surface area contributed by atoms with Gasteiger partial charge in [0, 0.05) is 13.1 Å². The molecule has 0 N–H and O–H groups in total. The maximum atomic E-state index is 13.5. The standard InChI is InChI=1S/C34H32F3NO6S/c1-2-43-32(39)30-22-29(19-20-31(30)44-24-27-12-7-4-8-13-27)45(41,42)28-17-15-25(16-18-28)14-9-21-38(33(40)34(35,36)37)23-26-10-5-3-6-11-26/h3-8,10-13,15-20,22H,2,9,14,21,23-24H2,1H3. The van der Waals surface area contributed by atoms with E-state index in [9.17, 15) is 31.2 Å². The summed E-state index contributed by atoms with van der Waals surface area (Å²) < 4.78 is 77.5. The summed E-state index contributed by atoms with van der Waals surface area (Å²) in [6, 6.07) is 27.6. The lowest BCUT2D eigenvalue weighted by Crippen LogP contribution is -2.41. The second kappa shape index (κ2) is 14.9. The molecule has 236 valence electrons. The van der Waals surface area contributed by atoms with Crippen LogP contribution in [0.25, 0.3) is 0 Å². The largest absolute Gasteiger partial charge is 0.488 e. The van der Waals surface area contributed by atoms with Crippen molar-refractivity contribution in [2.45, 2.75) is 48.9 Å². The lowest BCUT2D eigenvalue weighted by Gasteiger charge is -2.24. The van der Waals surface area contributed by atoms with E-state index < -0.39 is 27.9 Å². The molecule has 0 saturated carbocycles. The van der Waals surface area contributed by atoms with Crippen molar-refractivity contribution in [3.8, 4) is 5.75 Å². The molecule has 0 aromatic heterocycles. The summed E-state index contributed by atoms with van der Waals surface area (Å²) in [5, 5.41) is 0. The monoisotopic (exact) mass is 639 g/mol. The first-order valence-corrected chi connectivity index (χ1v) is 15.7. The topological polar surface area (TPSA) is 90.0 Å². The van der Waals surface area contributed by atoms with Crippen LogP contribution in [0.2, 0.25) is 0 Å². The number of hydrogen-bond acceptors (Lipinski definition) is 6. The van der Waals surface area contributed by atoms with Crippen molar-refractivity contribution in [1.82, 2.24) is 4.90 Å². The van der Waals surface area contributed by atoms with Crippen molar-refractivity contribution in [1.29, 1.82) is 0 Å². The molecule has 0 unspecified atom stereocenters. The summed E-state index contributed by atoms with van der Waals surface area (Å²) in [5.74, 6) is -2.46. The number of rotatable bonds is 13. The molecule has 0 aliphatic carbocycles. The second-order valence-corrected chi connectivity index (χ2v) is 12.1. The highest BCUT2D eigenvalue weighted by atomic mass is 32.2. The summed E-state index contributed by atoms with van der Waals surface area (Å²) in [6.07, 6.45) is -4.45. The van der Waals surface area contributed by atoms with Gasteiger partial charge in [0.15, 0.2) is 0 Å². The average molecular weight is 640 g/mol. The summed E-state index contributed by atoms with van der Waals surface area (Å²) in [7, 11) is -4.05. The van der Waals surface area contributed by atoms with Crippen LogP contribution < -0.4 is 4.74 Å². The average Bonchev–Trinajstić information content (AvgIpc) is 3.03. The van der Waals surface area contributed by atoms with Gasteiger partial charge >= 0.3 is 18.1 Å². The molecule has 0 fully saturated rings. The van der Waals surface area contributed by atoms with Gasteiger partial charge in [0.05, 0.1) is 16.4 Å². The van der Waals surface area contributed by atoms with E-state index in [-0.39, 0.29) is 53.8 Å². The molecule has 0 aliphatic heterocycles. The number of nitrogens with zero attached hydrogens (tertiary/aromatic N) is 1. The maximum absolute atomic E-state index is 13.5.